The van der Waals surface area contributed by atoms with Gasteiger partial charge < -0.3 is 20.0 Å². The van der Waals surface area contributed by atoms with Crippen LogP contribution in [-0.2, 0) is 0 Å². The first kappa shape index (κ1) is 18.1. The topological polar surface area (TPSA) is 81.1 Å². The van der Waals surface area contributed by atoms with Crippen molar-refractivity contribution in [3.05, 3.63) is 58.6 Å². The first-order valence-electron chi connectivity index (χ1n) is 8.32. The minimum Gasteiger partial charge on any atom is -0.508 e. The summed E-state index contributed by atoms with van der Waals surface area (Å²) in [4.78, 5) is 28.6. The summed E-state index contributed by atoms with van der Waals surface area (Å²) in [6.45, 7) is 1.77. The zero-order valence-electron chi connectivity index (χ0n) is 14.1. The van der Waals surface area contributed by atoms with Crippen LogP contribution in [0.15, 0.2) is 42.5 Å². The highest BCUT2D eigenvalue weighted by Crippen LogP contribution is 2.22. The number of amides is 2. The van der Waals surface area contributed by atoms with Crippen LogP contribution in [0.2, 0.25) is 5.02 Å². The number of halogens is 1. The summed E-state index contributed by atoms with van der Waals surface area (Å²) < 4.78 is 0. The van der Waals surface area contributed by atoms with Gasteiger partial charge in [0.2, 0.25) is 0 Å². The Hall–Kier alpha value is -2.73. The fourth-order valence-corrected chi connectivity index (χ4v) is 3.25. The van der Waals surface area contributed by atoms with Crippen LogP contribution in [0.25, 0.3) is 0 Å². The molecule has 2 aromatic carbocycles. The molecule has 2 aromatic rings. The summed E-state index contributed by atoms with van der Waals surface area (Å²) in [5.41, 5.74) is 0.667. The summed E-state index contributed by atoms with van der Waals surface area (Å²) in [7, 11) is 0. The Labute approximate surface area is 156 Å². The number of carbonyl (C=O) groups excluding carboxylic acids is 2. The van der Waals surface area contributed by atoms with Gasteiger partial charge in [0.15, 0.2) is 0 Å². The predicted octanol–water partition coefficient (Wildman–Crippen LogP) is 2.74. The maximum atomic E-state index is 12.7. The Morgan fingerprint density at radius 2 is 1.42 bits per heavy atom. The van der Waals surface area contributed by atoms with Crippen LogP contribution in [0.3, 0.4) is 0 Å². The van der Waals surface area contributed by atoms with Gasteiger partial charge in [0, 0.05) is 37.8 Å². The van der Waals surface area contributed by atoms with Crippen molar-refractivity contribution < 1.29 is 19.8 Å². The fraction of sp³-hybridized carbons (Fsp3) is 0.263. The number of phenols is 2. The van der Waals surface area contributed by atoms with E-state index in [1.807, 2.05) is 0 Å². The second-order valence-electron chi connectivity index (χ2n) is 6.16. The molecule has 2 amide bonds. The lowest BCUT2D eigenvalue weighted by molar-refractivity contribution is 0.0718. The van der Waals surface area contributed by atoms with Crippen LogP contribution in [0.1, 0.15) is 27.1 Å². The van der Waals surface area contributed by atoms with E-state index in [1.165, 1.54) is 18.2 Å². The van der Waals surface area contributed by atoms with Crippen LogP contribution < -0.4 is 0 Å². The van der Waals surface area contributed by atoms with E-state index in [9.17, 15) is 19.8 Å². The average Bonchev–Trinajstić information content (AvgIpc) is 2.86. The van der Waals surface area contributed by atoms with Crippen molar-refractivity contribution in [2.75, 3.05) is 26.2 Å². The van der Waals surface area contributed by atoms with Gasteiger partial charge in [-0.3, -0.25) is 9.59 Å². The first-order chi connectivity index (χ1) is 12.5. The first-order valence-corrected chi connectivity index (χ1v) is 8.69. The molecule has 0 atom stereocenters. The van der Waals surface area contributed by atoms with Crippen molar-refractivity contribution >= 4 is 23.4 Å². The maximum Gasteiger partial charge on any atom is 0.255 e. The number of benzene rings is 2. The number of nitrogens with zero attached hydrogens (tertiary/aromatic N) is 2. The van der Waals surface area contributed by atoms with Gasteiger partial charge >= 0.3 is 0 Å². The molecule has 6 nitrogen and oxygen atoms in total. The number of carbonyl (C=O) groups is 2. The molecule has 1 aliphatic heterocycles. The monoisotopic (exact) mass is 374 g/mol. The molecule has 26 heavy (non-hydrogen) atoms. The van der Waals surface area contributed by atoms with Crippen LogP contribution >= 0.6 is 11.6 Å². The van der Waals surface area contributed by atoms with E-state index < -0.39 is 0 Å². The van der Waals surface area contributed by atoms with Gasteiger partial charge in [0.05, 0.1) is 10.6 Å². The van der Waals surface area contributed by atoms with Gasteiger partial charge in [-0.05, 0) is 30.7 Å². The van der Waals surface area contributed by atoms with E-state index in [4.69, 9.17) is 11.6 Å². The molecule has 1 fully saturated rings. The Bertz CT molecular complexity index is 820. The van der Waals surface area contributed by atoms with Gasteiger partial charge in [-0.1, -0.05) is 23.7 Å². The highest BCUT2D eigenvalue weighted by atomic mass is 35.5. The number of hydrogen-bond donors (Lipinski definition) is 2. The largest absolute Gasteiger partial charge is 0.508 e. The lowest BCUT2D eigenvalue weighted by Crippen LogP contribution is -2.37. The summed E-state index contributed by atoms with van der Waals surface area (Å²) in [5.74, 6) is -0.777. The summed E-state index contributed by atoms with van der Waals surface area (Å²) in [6.07, 6.45) is 0.632. The fourth-order valence-electron chi connectivity index (χ4n) is 3.03. The molecule has 2 N–H and O–H groups in total. The second kappa shape index (κ2) is 7.66. The van der Waals surface area contributed by atoms with Crippen LogP contribution in [0, 0.1) is 0 Å². The number of phenolic OH excluding ortho intramolecular Hbond substituents is 2. The smallest absolute Gasteiger partial charge is 0.255 e. The lowest BCUT2D eigenvalue weighted by Gasteiger charge is -2.22. The van der Waals surface area contributed by atoms with Crippen LogP contribution in [0.4, 0.5) is 0 Å². The standard InChI is InChI=1S/C19H19ClN2O4/c20-17-5-2-1-4-16(17)19(26)22-7-3-6-21(8-9-22)18(25)13-10-14(23)12-15(24)11-13/h1-2,4-5,10-12,23-24H,3,6-9H2. The summed E-state index contributed by atoms with van der Waals surface area (Å²) in [6, 6.07) is 10.7. The Morgan fingerprint density at radius 3 is 2.04 bits per heavy atom. The van der Waals surface area contributed by atoms with Gasteiger partial charge in [0.25, 0.3) is 11.8 Å². The number of rotatable bonds is 2. The van der Waals surface area contributed by atoms with Gasteiger partial charge in [-0.2, -0.15) is 0 Å². The SMILES string of the molecule is O=C(c1cc(O)cc(O)c1)N1CCCN(C(=O)c2ccccc2Cl)CC1. The zero-order chi connectivity index (χ0) is 18.7. The third-order valence-corrected chi connectivity index (χ3v) is 4.65. The maximum absolute atomic E-state index is 12.7. The van der Waals surface area contributed by atoms with Gasteiger partial charge in [-0.25, -0.2) is 0 Å². The molecule has 0 aromatic heterocycles. The molecule has 0 unspecified atom stereocenters. The van der Waals surface area contributed by atoms with E-state index in [2.05, 4.69) is 0 Å². The van der Waals surface area contributed by atoms with Crippen molar-refractivity contribution in [3.8, 4) is 11.5 Å². The van der Waals surface area contributed by atoms with E-state index in [0.717, 1.165) is 0 Å². The second-order valence-corrected chi connectivity index (χ2v) is 6.56. The van der Waals surface area contributed by atoms with Crippen molar-refractivity contribution in [2.24, 2.45) is 0 Å². The molecule has 0 aliphatic carbocycles. The van der Waals surface area contributed by atoms with Crippen molar-refractivity contribution in [3.63, 3.8) is 0 Å². The number of hydrogen-bond acceptors (Lipinski definition) is 4. The predicted molar refractivity (Wildman–Crippen MR) is 97.6 cm³/mol. The molecule has 3 rings (SSSR count). The molecular formula is C19H19ClN2O4. The van der Waals surface area contributed by atoms with Crippen molar-refractivity contribution in [1.82, 2.24) is 9.80 Å². The molecule has 7 heteroatoms. The third-order valence-electron chi connectivity index (χ3n) is 4.32. The summed E-state index contributed by atoms with van der Waals surface area (Å²) in [5, 5.41) is 19.5. The van der Waals surface area contributed by atoms with E-state index in [0.29, 0.717) is 43.2 Å². The molecule has 1 aliphatic rings. The molecule has 1 saturated heterocycles. The third kappa shape index (κ3) is 3.91. The average molecular weight is 375 g/mol. The van der Waals surface area contributed by atoms with Crippen molar-refractivity contribution in [1.29, 1.82) is 0 Å². The van der Waals surface area contributed by atoms with Gasteiger partial charge in [0.1, 0.15) is 11.5 Å². The zero-order valence-corrected chi connectivity index (χ0v) is 14.8. The molecule has 0 bridgehead atoms. The quantitative estimate of drug-likeness (QED) is 0.846. The van der Waals surface area contributed by atoms with Gasteiger partial charge in [-0.15, -0.1) is 0 Å². The molecule has 0 saturated carbocycles. The van der Waals surface area contributed by atoms with E-state index >= 15 is 0 Å². The van der Waals surface area contributed by atoms with E-state index in [1.54, 1.807) is 34.1 Å². The minimum atomic E-state index is -0.289. The van der Waals surface area contributed by atoms with Crippen LogP contribution in [-0.4, -0.2) is 58.0 Å². The normalized spacial score (nSPS) is 14.8. The Balaban J connectivity index is 1.71. The highest BCUT2D eigenvalue weighted by Gasteiger charge is 2.24. The molecular weight excluding hydrogens is 356 g/mol. The minimum absolute atomic E-state index is 0.153. The molecule has 0 spiro atoms. The summed E-state index contributed by atoms with van der Waals surface area (Å²) >= 11 is 6.11. The molecule has 0 radical (unpaired) electrons. The van der Waals surface area contributed by atoms with Crippen molar-refractivity contribution in [2.45, 2.75) is 6.42 Å². The number of aromatic hydroxyl groups is 2. The Morgan fingerprint density at radius 1 is 0.846 bits per heavy atom. The Kier molecular flexibility index (Phi) is 5.32. The lowest BCUT2D eigenvalue weighted by atomic mass is 10.1. The highest BCUT2D eigenvalue weighted by molar-refractivity contribution is 6.33. The van der Waals surface area contributed by atoms with E-state index in [-0.39, 0.29) is 28.9 Å². The van der Waals surface area contributed by atoms with Crippen LogP contribution in [0.5, 0.6) is 11.5 Å². The molecule has 136 valence electrons. The molecule has 1 heterocycles.